The molecule has 0 aromatic heterocycles. The quantitative estimate of drug-likeness (QED) is 0.625. The predicted octanol–water partition coefficient (Wildman–Crippen LogP) is 1.46. The molecule has 0 spiro atoms. The number of ether oxygens (including phenoxy) is 2. The van der Waals surface area contributed by atoms with Crippen LogP contribution < -0.4 is 5.32 Å². The zero-order chi connectivity index (χ0) is 15.0. The molecule has 0 heterocycles. The number of nitriles is 1. The summed E-state index contributed by atoms with van der Waals surface area (Å²) in [7, 11) is 0. The molecule has 1 rings (SSSR count). The van der Waals surface area contributed by atoms with Crippen LogP contribution in [0.4, 0.5) is 5.69 Å². The summed E-state index contributed by atoms with van der Waals surface area (Å²) in [6.07, 6.45) is 0. The summed E-state index contributed by atoms with van der Waals surface area (Å²) < 4.78 is 9.67. The molecule has 6 heteroatoms. The number of esters is 2. The average Bonchev–Trinajstić information content (AvgIpc) is 2.45. The minimum Gasteiger partial charge on any atom is -0.464 e. The Hall–Kier alpha value is -2.55. The van der Waals surface area contributed by atoms with Gasteiger partial charge in [-0.25, -0.2) is 9.59 Å². The van der Waals surface area contributed by atoms with Crippen molar-refractivity contribution in [3.05, 3.63) is 29.8 Å². The fourth-order valence-corrected chi connectivity index (χ4v) is 1.47. The Kier molecular flexibility index (Phi) is 6.04. The van der Waals surface area contributed by atoms with Gasteiger partial charge >= 0.3 is 11.9 Å². The molecule has 0 bridgehead atoms. The third-order valence-electron chi connectivity index (χ3n) is 2.37. The van der Waals surface area contributed by atoms with Crippen molar-refractivity contribution in [1.82, 2.24) is 0 Å². The highest BCUT2D eigenvalue weighted by Gasteiger charge is 2.29. The molecule has 20 heavy (non-hydrogen) atoms. The van der Waals surface area contributed by atoms with Crippen LogP contribution in [0.25, 0.3) is 0 Å². The zero-order valence-electron chi connectivity index (χ0n) is 11.4. The molecule has 0 atom stereocenters. The van der Waals surface area contributed by atoms with Gasteiger partial charge in [-0.3, -0.25) is 0 Å². The summed E-state index contributed by atoms with van der Waals surface area (Å²) in [4.78, 5) is 23.5. The first-order valence-electron chi connectivity index (χ1n) is 6.22. The highest BCUT2D eigenvalue weighted by molar-refractivity contribution is 6.02. The fraction of sp³-hybridized carbons (Fsp3) is 0.357. The van der Waals surface area contributed by atoms with Gasteiger partial charge in [0.25, 0.3) is 0 Å². The standard InChI is InChI=1S/C14H16N2O4/c1-3-19-13(17)12(14(18)20-4-2)16-11-7-5-10(9-15)6-8-11/h5-8,12,16H,3-4H2,1-2H3. The SMILES string of the molecule is CCOC(=O)C(Nc1ccc(C#N)cc1)C(=O)OCC. The monoisotopic (exact) mass is 276 g/mol. The van der Waals surface area contributed by atoms with Gasteiger partial charge in [-0.15, -0.1) is 0 Å². The summed E-state index contributed by atoms with van der Waals surface area (Å²) in [5.74, 6) is -1.40. The lowest BCUT2D eigenvalue weighted by atomic mass is 10.2. The highest BCUT2D eigenvalue weighted by Crippen LogP contribution is 2.11. The van der Waals surface area contributed by atoms with E-state index in [2.05, 4.69) is 5.32 Å². The van der Waals surface area contributed by atoms with E-state index in [-0.39, 0.29) is 13.2 Å². The Morgan fingerprint density at radius 1 is 1.15 bits per heavy atom. The molecule has 0 aliphatic rings. The third kappa shape index (κ3) is 4.28. The van der Waals surface area contributed by atoms with Gasteiger partial charge in [0.2, 0.25) is 6.04 Å². The molecule has 0 aliphatic heterocycles. The van der Waals surface area contributed by atoms with E-state index in [1.165, 1.54) is 0 Å². The van der Waals surface area contributed by atoms with Crippen molar-refractivity contribution in [2.75, 3.05) is 18.5 Å². The molecule has 0 unspecified atom stereocenters. The summed E-state index contributed by atoms with van der Waals surface area (Å²) in [6.45, 7) is 3.65. The van der Waals surface area contributed by atoms with Crippen molar-refractivity contribution in [3.63, 3.8) is 0 Å². The molecule has 0 saturated carbocycles. The van der Waals surface area contributed by atoms with Gasteiger partial charge in [0.1, 0.15) is 0 Å². The first kappa shape index (κ1) is 15.5. The lowest BCUT2D eigenvalue weighted by molar-refractivity contribution is -0.155. The molecule has 0 fully saturated rings. The number of carbonyl (C=O) groups excluding carboxylic acids is 2. The van der Waals surface area contributed by atoms with Gasteiger partial charge < -0.3 is 14.8 Å². The average molecular weight is 276 g/mol. The van der Waals surface area contributed by atoms with E-state index < -0.39 is 18.0 Å². The Balaban J connectivity index is 2.85. The summed E-state index contributed by atoms with van der Waals surface area (Å²) in [5, 5.41) is 11.4. The lowest BCUT2D eigenvalue weighted by Gasteiger charge is -2.16. The zero-order valence-corrected chi connectivity index (χ0v) is 11.4. The fourth-order valence-electron chi connectivity index (χ4n) is 1.47. The van der Waals surface area contributed by atoms with Gasteiger partial charge in [0.05, 0.1) is 24.8 Å². The van der Waals surface area contributed by atoms with Crippen LogP contribution in [-0.4, -0.2) is 31.2 Å². The first-order valence-corrected chi connectivity index (χ1v) is 6.22. The van der Waals surface area contributed by atoms with Gasteiger partial charge in [0, 0.05) is 5.69 Å². The normalized spacial score (nSPS) is 9.70. The minimum atomic E-state index is -1.22. The van der Waals surface area contributed by atoms with Gasteiger partial charge in [-0.2, -0.15) is 5.26 Å². The number of benzene rings is 1. The number of anilines is 1. The number of rotatable bonds is 6. The number of nitrogens with zero attached hydrogens (tertiary/aromatic N) is 1. The maximum atomic E-state index is 11.7. The van der Waals surface area contributed by atoms with E-state index in [1.54, 1.807) is 38.1 Å². The van der Waals surface area contributed by atoms with Crippen LogP contribution in [0.15, 0.2) is 24.3 Å². The largest absolute Gasteiger partial charge is 0.464 e. The van der Waals surface area contributed by atoms with E-state index in [9.17, 15) is 9.59 Å². The molecule has 0 aliphatic carbocycles. The summed E-state index contributed by atoms with van der Waals surface area (Å²) >= 11 is 0. The predicted molar refractivity (Wildman–Crippen MR) is 71.8 cm³/mol. The third-order valence-corrected chi connectivity index (χ3v) is 2.37. The number of hydrogen-bond acceptors (Lipinski definition) is 6. The van der Waals surface area contributed by atoms with Crippen LogP contribution in [-0.2, 0) is 19.1 Å². The van der Waals surface area contributed by atoms with Crippen LogP contribution in [0.5, 0.6) is 0 Å². The molecule has 106 valence electrons. The van der Waals surface area contributed by atoms with Crippen LogP contribution >= 0.6 is 0 Å². The lowest BCUT2D eigenvalue weighted by Crippen LogP contribution is -2.40. The Morgan fingerprint density at radius 2 is 1.65 bits per heavy atom. The molecule has 6 nitrogen and oxygen atoms in total. The smallest absolute Gasteiger partial charge is 0.340 e. The number of carbonyl (C=O) groups is 2. The summed E-state index contributed by atoms with van der Waals surface area (Å²) in [5.41, 5.74) is 1.01. The van der Waals surface area contributed by atoms with E-state index in [4.69, 9.17) is 14.7 Å². The Labute approximate surface area is 117 Å². The molecular formula is C14H16N2O4. The second-order valence-electron chi connectivity index (χ2n) is 3.77. The number of hydrogen-bond donors (Lipinski definition) is 1. The molecular weight excluding hydrogens is 260 g/mol. The van der Waals surface area contributed by atoms with Crippen molar-refractivity contribution in [2.24, 2.45) is 0 Å². The number of nitrogens with one attached hydrogen (secondary N) is 1. The molecule has 1 N–H and O–H groups in total. The van der Waals surface area contributed by atoms with Crippen LogP contribution in [0.2, 0.25) is 0 Å². The van der Waals surface area contributed by atoms with E-state index in [1.807, 2.05) is 6.07 Å². The van der Waals surface area contributed by atoms with Crippen LogP contribution in [0.3, 0.4) is 0 Å². The van der Waals surface area contributed by atoms with E-state index in [0.717, 1.165) is 0 Å². The minimum absolute atomic E-state index is 0.170. The highest BCUT2D eigenvalue weighted by atomic mass is 16.6. The molecule has 0 saturated heterocycles. The van der Waals surface area contributed by atoms with Crippen molar-refractivity contribution >= 4 is 17.6 Å². The maximum Gasteiger partial charge on any atom is 0.340 e. The van der Waals surface area contributed by atoms with Crippen molar-refractivity contribution < 1.29 is 19.1 Å². The maximum absolute atomic E-state index is 11.7. The van der Waals surface area contributed by atoms with Crippen molar-refractivity contribution in [1.29, 1.82) is 5.26 Å². The molecule has 0 amide bonds. The van der Waals surface area contributed by atoms with E-state index in [0.29, 0.717) is 11.3 Å². The molecule has 0 radical (unpaired) electrons. The van der Waals surface area contributed by atoms with E-state index >= 15 is 0 Å². The van der Waals surface area contributed by atoms with Crippen molar-refractivity contribution in [3.8, 4) is 6.07 Å². The van der Waals surface area contributed by atoms with Gasteiger partial charge in [-0.05, 0) is 38.1 Å². The van der Waals surface area contributed by atoms with Crippen LogP contribution in [0.1, 0.15) is 19.4 Å². The summed E-state index contributed by atoms with van der Waals surface area (Å²) in [6, 6.07) is 7.12. The van der Waals surface area contributed by atoms with Crippen LogP contribution in [0, 0.1) is 11.3 Å². The Bertz CT molecular complexity index is 487. The van der Waals surface area contributed by atoms with Gasteiger partial charge in [0.15, 0.2) is 0 Å². The second kappa shape index (κ2) is 7.79. The molecule has 1 aromatic carbocycles. The second-order valence-corrected chi connectivity index (χ2v) is 3.77. The molecule has 1 aromatic rings. The first-order chi connectivity index (χ1) is 9.62. The Morgan fingerprint density at radius 3 is 2.05 bits per heavy atom. The van der Waals surface area contributed by atoms with Crippen molar-refractivity contribution in [2.45, 2.75) is 19.9 Å². The topological polar surface area (TPSA) is 88.4 Å². The van der Waals surface area contributed by atoms with Gasteiger partial charge in [-0.1, -0.05) is 0 Å².